The quantitative estimate of drug-likeness (QED) is 0.742. The fourth-order valence-corrected chi connectivity index (χ4v) is 1.54. The van der Waals surface area contributed by atoms with Crippen molar-refractivity contribution < 1.29 is 24.5 Å². The molecule has 2 N–H and O–H groups in total. The summed E-state index contributed by atoms with van der Waals surface area (Å²) in [4.78, 5) is 22.6. The number of carboxylic acids is 2. The zero-order valence-electron chi connectivity index (χ0n) is 10.00. The van der Waals surface area contributed by atoms with Crippen LogP contribution in [0.2, 0.25) is 0 Å². The van der Waals surface area contributed by atoms with E-state index in [1.807, 2.05) is 0 Å². The summed E-state index contributed by atoms with van der Waals surface area (Å²) in [5.74, 6) is -1.41. The summed E-state index contributed by atoms with van der Waals surface area (Å²) >= 11 is 0. The summed E-state index contributed by atoms with van der Waals surface area (Å²) < 4.78 is 5.00. The molecule has 1 rings (SSSR count). The Hall–Kier alpha value is -2.08. The highest BCUT2D eigenvalue weighted by Crippen LogP contribution is 2.12. The molecule has 0 radical (unpaired) electrons. The number of carboxylic acid groups (broad SMARTS) is 2. The lowest BCUT2D eigenvalue weighted by Gasteiger charge is -2.17. The number of nitrogens with zero attached hydrogens (tertiary/aromatic N) is 1. The normalized spacial score (nSPS) is 10.3. The standard InChI is InChI=1S/C12H15NO5/c1-18-10-4-2-9(3-5-10)6-13(7-11(14)15)8-12(16)17/h2-5H,6-8H2,1H3,(H,14,15)(H,16,17). The van der Waals surface area contributed by atoms with Gasteiger partial charge in [0.15, 0.2) is 0 Å². The summed E-state index contributed by atoms with van der Waals surface area (Å²) in [6.07, 6.45) is 0. The monoisotopic (exact) mass is 253 g/mol. The molecule has 6 heteroatoms. The second-order valence-electron chi connectivity index (χ2n) is 3.78. The predicted octanol–water partition coefficient (Wildman–Crippen LogP) is 0.666. The average molecular weight is 253 g/mol. The van der Waals surface area contributed by atoms with E-state index in [9.17, 15) is 9.59 Å². The van der Waals surface area contributed by atoms with Gasteiger partial charge in [0.05, 0.1) is 20.2 Å². The molecule has 18 heavy (non-hydrogen) atoms. The van der Waals surface area contributed by atoms with Crippen LogP contribution in [0.25, 0.3) is 0 Å². The first-order chi connectivity index (χ1) is 8.51. The molecule has 0 unspecified atom stereocenters. The van der Waals surface area contributed by atoms with E-state index in [1.54, 1.807) is 31.4 Å². The molecule has 0 aromatic heterocycles. The van der Waals surface area contributed by atoms with Crippen LogP contribution >= 0.6 is 0 Å². The molecule has 1 aromatic carbocycles. The second-order valence-corrected chi connectivity index (χ2v) is 3.78. The van der Waals surface area contributed by atoms with Crippen molar-refractivity contribution in [3.05, 3.63) is 29.8 Å². The Kier molecular flexibility index (Phi) is 5.13. The Balaban J connectivity index is 2.68. The third-order valence-corrected chi connectivity index (χ3v) is 2.28. The number of rotatable bonds is 7. The van der Waals surface area contributed by atoms with Gasteiger partial charge in [0.1, 0.15) is 5.75 Å². The largest absolute Gasteiger partial charge is 0.497 e. The Bertz CT molecular complexity index is 399. The van der Waals surface area contributed by atoms with Gasteiger partial charge < -0.3 is 14.9 Å². The van der Waals surface area contributed by atoms with Gasteiger partial charge in [-0.2, -0.15) is 0 Å². The third kappa shape index (κ3) is 4.84. The van der Waals surface area contributed by atoms with Gasteiger partial charge in [0.25, 0.3) is 0 Å². The Morgan fingerprint density at radius 1 is 1.11 bits per heavy atom. The first-order valence-corrected chi connectivity index (χ1v) is 5.30. The van der Waals surface area contributed by atoms with Crippen LogP contribution in [-0.4, -0.2) is 47.3 Å². The highest BCUT2D eigenvalue weighted by Gasteiger charge is 2.13. The van der Waals surface area contributed by atoms with E-state index < -0.39 is 11.9 Å². The minimum Gasteiger partial charge on any atom is -0.497 e. The number of aliphatic carboxylic acids is 2. The summed E-state index contributed by atoms with van der Waals surface area (Å²) in [6, 6.07) is 7.04. The van der Waals surface area contributed by atoms with Gasteiger partial charge in [0, 0.05) is 6.54 Å². The first-order valence-electron chi connectivity index (χ1n) is 5.30. The molecule has 1 aromatic rings. The van der Waals surface area contributed by atoms with E-state index in [4.69, 9.17) is 14.9 Å². The smallest absolute Gasteiger partial charge is 0.317 e. The lowest BCUT2D eigenvalue weighted by atomic mass is 10.2. The minimum absolute atomic E-state index is 0.266. The molecule has 0 atom stereocenters. The SMILES string of the molecule is COc1ccc(CN(CC(=O)O)CC(=O)O)cc1. The summed E-state index contributed by atoms with van der Waals surface area (Å²) in [6.45, 7) is -0.348. The maximum Gasteiger partial charge on any atom is 0.317 e. The van der Waals surface area contributed by atoms with Crippen molar-refractivity contribution in [3.8, 4) is 5.75 Å². The maximum absolute atomic E-state index is 10.6. The molecule has 6 nitrogen and oxygen atoms in total. The van der Waals surface area contributed by atoms with Gasteiger partial charge in [0.2, 0.25) is 0 Å². The number of carbonyl (C=O) groups is 2. The average Bonchev–Trinajstić information content (AvgIpc) is 2.28. The van der Waals surface area contributed by atoms with Gasteiger partial charge in [-0.3, -0.25) is 14.5 Å². The van der Waals surface area contributed by atoms with E-state index in [1.165, 1.54) is 4.90 Å². The van der Waals surface area contributed by atoms with Crippen LogP contribution in [0.3, 0.4) is 0 Å². The van der Waals surface area contributed by atoms with Crippen LogP contribution in [0.15, 0.2) is 24.3 Å². The van der Waals surface area contributed by atoms with Crippen molar-refractivity contribution in [2.75, 3.05) is 20.2 Å². The van der Waals surface area contributed by atoms with Crippen LogP contribution in [0.4, 0.5) is 0 Å². The van der Waals surface area contributed by atoms with Crippen LogP contribution < -0.4 is 4.74 Å². The molecule has 0 heterocycles. The van der Waals surface area contributed by atoms with Gasteiger partial charge in [-0.1, -0.05) is 12.1 Å². The lowest BCUT2D eigenvalue weighted by Crippen LogP contribution is -2.33. The second kappa shape index (κ2) is 6.61. The highest BCUT2D eigenvalue weighted by molar-refractivity contribution is 5.72. The number of hydrogen-bond acceptors (Lipinski definition) is 4. The van der Waals surface area contributed by atoms with Crippen molar-refractivity contribution in [1.29, 1.82) is 0 Å². The molecule has 0 aliphatic rings. The summed E-state index contributed by atoms with van der Waals surface area (Å²) in [5.41, 5.74) is 0.832. The Morgan fingerprint density at radius 2 is 1.61 bits per heavy atom. The molecular weight excluding hydrogens is 238 g/mol. The molecule has 0 aliphatic heterocycles. The maximum atomic E-state index is 10.6. The molecule has 0 saturated carbocycles. The van der Waals surface area contributed by atoms with Crippen molar-refractivity contribution in [3.63, 3.8) is 0 Å². The fraction of sp³-hybridized carbons (Fsp3) is 0.333. The lowest BCUT2D eigenvalue weighted by molar-refractivity contribution is -0.142. The predicted molar refractivity (Wildman–Crippen MR) is 63.5 cm³/mol. The van der Waals surface area contributed by atoms with E-state index in [0.29, 0.717) is 5.75 Å². The van der Waals surface area contributed by atoms with Gasteiger partial charge in [-0.05, 0) is 17.7 Å². The van der Waals surface area contributed by atoms with Gasteiger partial charge >= 0.3 is 11.9 Å². The first kappa shape index (κ1) is 14.0. The van der Waals surface area contributed by atoms with E-state index in [0.717, 1.165) is 5.56 Å². The van der Waals surface area contributed by atoms with Crippen LogP contribution in [0, 0.1) is 0 Å². The van der Waals surface area contributed by atoms with Crippen LogP contribution in [-0.2, 0) is 16.1 Å². The van der Waals surface area contributed by atoms with Gasteiger partial charge in [-0.25, -0.2) is 0 Å². The molecule has 0 amide bonds. The van der Waals surface area contributed by atoms with Crippen molar-refractivity contribution in [2.24, 2.45) is 0 Å². The molecule has 0 spiro atoms. The Labute approximate surface area is 104 Å². The molecule has 0 bridgehead atoms. The fourth-order valence-electron chi connectivity index (χ4n) is 1.54. The number of methoxy groups -OCH3 is 1. The van der Waals surface area contributed by atoms with Gasteiger partial charge in [-0.15, -0.1) is 0 Å². The van der Waals surface area contributed by atoms with E-state index in [2.05, 4.69) is 0 Å². The van der Waals surface area contributed by atoms with E-state index >= 15 is 0 Å². The topological polar surface area (TPSA) is 87.1 Å². The van der Waals surface area contributed by atoms with E-state index in [-0.39, 0.29) is 19.6 Å². The molecule has 0 saturated heterocycles. The molecule has 0 aliphatic carbocycles. The number of benzene rings is 1. The number of hydrogen-bond donors (Lipinski definition) is 2. The molecular formula is C12H15NO5. The third-order valence-electron chi connectivity index (χ3n) is 2.28. The summed E-state index contributed by atoms with van der Waals surface area (Å²) in [7, 11) is 1.55. The molecule has 0 fully saturated rings. The van der Waals surface area contributed by atoms with Crippen LogP contribution in [0.5, 0.6) is 5.75 Å². The van der Waals surface area contributed by atoms with Crippen LogP contribution in [0.1, 0.15) is 5.56 Å². The zero-order valence-corrected chi connectivity index (χ0v) is 10.00. The zero-order chi connectivity index (χ0) is 13.5. The van der Waals surface area contributed by atoms with Crippen molar-refractivity contribution in [1.82, 2.24) is 4.90 Å². The minimum atomic E-state index is -1.05. The summed E-state index contributed by atoms with van der Waals surface area (Å²) in [5, 5.41) is 17.4. The van der Waals surface area contributed by atoms with Crippen molar-refractivity contribution in [2.45, 2.75) is 6.54 Å². The van der Waals surface area contributed by atoms with Crippen molar-refractivity contribution >= 4 is 11.9 Å². The Morgan fingerprint density at radius 3 is 2.00 bits per heavy atom. The highest BCUT2D eigenvalue weighted by atomic mass is 16.5. The molecule has 98 valence electrons. The number of ether oxygens (including phenoxy) is 1.